The van der Waals surface area contributed by atoms with E-state index >= 15 is 0 Å². The van der Waals surface area contributed by atoms with E-state index in [0.717, 1.165) is 18.4 Å². The Hall–Kier alpha value is -2.04. The quantitative estimate of drug-likeness (QED) is 0.767. The van der Waals surface area contributed by atoms with Gasteiger partial charge in [0.25, 0.3) is 0 Å². The molecule has 1 amide bonds. The lowest BCUT2D eigenvalue weighted by molar-refractivity contribution is -0.145. The summed E-state index contributed by atoms with van der Waals surface area (Å²) in [7, 11) is 0. The van der Waals surface area contributed by atoms with Crippen LogP contribution in [0.1, 0.15) is 52.0 Å². The summed E-state index contributed by atoms with van der Waals surface area (Å²) >= 11 is 0. The molecule has 132 valence electrons. The van der Waals surface area contributed by atoms with Crippen molar-refractivity contribution in [1.82, 2.24) is 4.90 Å². The fraction of sp³-hybridized carbons (Fsp3) is 0.579. The summed E-state index contributed by atoms with van der Waals surface area (Å²) in [6.45, 7) is 6.56. The molecule has 5 nitrogen and oxygen atoms in total. The first-order valence-corrected chi connectivity index (χ1v) is 8.54. The Morgan fingerprint density at radius 3 is 2.58 bits per heavy atom. The molecule has 0 N–H and O–H groups in total. The lowest BCUT2D eigenvalue weighted by Gasteiger charge is -2.28. The van der Waals surface area contributed by atoms with E-state index in [1.54, 1.807) is 4.90 Å². The minimum Gasteiger partial charge on any atom is -0.461 e. The molecule has 1 saturated heterocycles. The summed E-state index contributed by atoms with van der Waals surface area (Å²) in [5.41, 5.74) is 0.473. The zero-order chi connectivity index (χ0) is 17.6. The van der Waals surface area contributed by atoms with Crippen molar-refractivity contribution in [3.05, 3.63) is 35.9 Å². The molecule has 0 bridgehead atoms. The third kappa shape index (κ3) is 5.87. The van der Waals surface area contributed by atoms with E-state index < -0.39 is 5.60 Å². The molecule has 24 heavy (non-hydrogen) atoms. The van der Waals surface area contributed by atoms with Crippen LogP contribution in [0.5, 0.6) is 0 Å². The van der Waals surface area contributed by atoms with Gasteiger partial charge < -0.3 is 14.4 Å². The Kier molecular flexibility index (Phi) is 6.23. The first kappa shape index (κ1) is 18.3. The second kappa shape index (κ2) is 8.18. The number of hydrogen-bond acceptors (Lipinski definition) is 4. The summed E-state index contributed by atoms with van der Waals surface area (Å²) in [5.74, 6) is -0.227. The van der Waals surface area contributed by atoms with E-state index in [9.17, 15) is 9.59 Å². The lowest BCUT2D eigenvalue weighted by atomic mass is 10.1. The van der Waals surface area contributed by atoms with Gasteiger partial charge in [-0.2, -0.15) is 0 Å². The number of benzene rings is 1. The number of carbonyl (C=O) groups excluding carboxylic acids is 2. The molecule has 1 aromatic rings. The van der Waals surface area contributed by atoms with Crippen LogP contribution in [-0.2, 0) is 20.9 Å². The molecule has 0 saturated carbocycles. The van der Waals surface area contributed by atoms with Crippen LogP contribution in [0.2, 0.25) is 0 Å². The predicted octanol–water partition coefficient (Wildman–Crippen LogP) is 3.91. The van der Waals surface area contributed by atoms with Crippen LogP contribution in [0, 0.1) is 0 Å². The van der Waals surface area contributed by atoms with Crippen LogP contribution in [0.3, 0.4) is 0 Å². The largest absolute Gasteiger partial charge is 0.461 e. The average Bonchev–Trinajstić information content (AvgIpc) is 2.99. The fourth-order valence-corrected chi connectivity index (χ4v) is 2.79. The molecule has 1 heterocycles. The number of amides is 1. The molecule has 2 rings (SSSR count). The third-order valence-corrected chi connectivity index (χ3v) is 3.93. The monoisotopic (exact) mass is 333 g/mol. The maximum atomic E-state index is 12.2. The van der Waals surface area contributed by atoms with Crippen LogP contribution in [0.25, 0.3) is 0 Å². The summed E-state index contributed by atoms with van der Waals surface area (Å²) in [5, 5.41) is 0. The Balaban J connectivity index is 1.76. The van der Waals surface area contributed by atoms with Crippen molar-refractivity contribution in [2.24, 2.45) is 0 Å². The summed E-state index contributed by atoms with van der Waals surface area (Å²) in [6.07, 6.45) is 2.50. The maximum absolute atomic E-state index is 12.2. The molecule has 0 radical (unpaired) electrons. The highest BCUT2D eigenvalue weighted by atomic mass is 16.6. The second-order valence-corrected chi connectivity index (χ2v) is 7.15. The van der Waals surface area contributed by atoms with E-state index in [0.29, 0.717) is 26.0 Å². The van der Waals surface area contributed by atoms with Gasteiger partial charge in [0.1, 0.15) is 12.2 Å². The lowest BCUT2D eigenvalue weighted by Crippen LogP contribution is -2.40. The second-order valence-electron chi connectivity index (χ2n) is 7.15. The van der Waals surface area contributed by atoms with Crippen LogP contribution >= 0.6 is 0 Å². The predicted molar refractivity (Wildman–Crippen MR) is 91.4 cm³/mol. The van der Waals surface area contributed by atoms with Crippen molar-refractivity contribution in [3.63, 3.8) is 0 Å². The standard InChI is InChI=1S/C19H27NO4/c1-19(2,3)24-18(22)20-13-7-10-16(20)11-12-17(21)23-14-15-8-5-4-6-9-15/h4-6,8-9,16H,7,10-14H2,1-3H3. The average molecular weight is 333 g/mol. The number of hydrogen-bond donors (Lipinski definition) is 0. The normalized spacial score (nSPS) is 17.6. The van der Waals surface area contributed by atoms with E-state index in [1.807, 2.05) is 51.1 Å². The van der Waals surface area contributed by atoms with Crippen molar-refractivity contribution in [2.75, 3.05) is 6.54 Å². The first-order chi connectivity index (χ1) is 11.3. The van der Waals surface area contributed by atoms with Crippen molar-refractivity contribution >= 4 is 12.1 Å². The van der Waals surface area contributed by atoms with Gasteiger partial charge in [-0.05, 0) is 45.6 Å². The Morgan fingerprint density at radius 1 is 1.21 bits per heavy atom. The van der Waals surface area contributed by atoms with Crippen LogP contribution in [-0.4, -0.2) is 35.2 Å². The number of rotatable bonds is 5. The number of esters is 1. The molecule has 5 heteroatoms. The first-order valence-electron chi connectivity index (χ1n) is 8.54. The minimum atomic E-state index is -0.501. The fourth-order valence-electron chi connectivity index (χ4n) is 2.79. The summed E-state index contributed by atoms with van der Waals surface area (Å²) in [6, 6.07) is 9.67. The highest BCUT2D eigenvalue weighted by molar-refractivity contribution is 5.70. The van der Waals surface area contributed by atoms with Gasteiger partial charge in [0, 0.05) is 19.0 Å². The van der Waals surface area contributed by atoms with Crippen LogP contribution in [0.15, 0.2) is 30.3 Å². The third-order valence-electron chi connectivity index (χ3n) is 3.93. The molecular weight excluding hydrogens is 306 g/mol. The number of carbonyl (C=O) groups is 2. The number of nitrogens with zero attached hydrogens (tertiary/aromatic N) is 1. The topological polar surface area (TPSA) is 55.8 Å². The number of likely N-dealkylation sites (tertiary alicyclic amines) is 1. The van der Waals surface area contributed by atoms with Gasteiger partial charge in [0.15, 0.2) is 0 Å². The molecule has 1 atom stereocenters. The van der Waals surface area contributed by atoms with Gasteiger partial charge in [-0.3, -0.25) is 4.79 Å². The molecule has 0 spiro atoms. The SMILES string of the molecule is CC(C)(C)OC(=O)N1CCCC1CCC(=O)OCc1ccccc1. The molecule has 1 aromatic carbocycles. The highest BCUT2D eigenvalue weighted by Crippen LogP contribution is 2.24. The van der Waals surface area contributed by atoms with Crippen molar-refractivity contribution < 1.29 is 19.1 Å². The van der Waals surface area contributed by atoms with Crippen LogP contribution < -0.4 is 0 Å². The molecule has 1 unspecified atom stereocenters. The molecule has 1 aliphatic rings. The number of ether oxygens (including phenoxy) is 2. The van der Waals surface area contributed by atoms with Gasteiger partial charge in [0.05, 0.1) is 0 Å². The van der Waals surface area contributed by atoms with E-state index in [4.69, 9.17) is 9.47 Å². The minimum absolute atomic E-state index is 0.0594. The van der Waals surface area contributed by atoms with Gasteiger partial charge in [-0.1, -0.05) is 30.3 Å². The molecular formula is C19H27NO4. The Bertz CT molecular complexity index is 550. The highest BCUT2D eigenvalue weighted by Gasteiger charge is 2.32. The zero-order valence-electron chi connectivity index (χ0n) is 14.8. The summed E-state index contributed by atoms with van der Waals surface area (Å²) in [4.78, 5) is 25.9. The Morgan fingerprint density at radius 2 is 1.92 bits per heavy atom. The van der Waals surface area contributed by atoms with Crippen molar-refractivity contribution in [1.29, 1.82) is 0 Å². The van der Waals surface area contributed by atoms with Crippen LogP contribution in [0.4, 0.5) is 4.79 Å². The summed E-state index contributed by atoms with van der Waals surface area (Å²) < 4.78 is 10.7. The van der Waals surface area contributed by atoms with E-state index in [2.05, 4.69) is 0 Å². The zero-order valence-corrected chi connectivity index (χ0v) is 14.8. The molecule has 1 fully saturated rings. The Labute approximate surface area is 143 Å². The van der Waals surface area contributed by atoms with E-state index in [-0.39, 0.29) is 18.1 Å². The molecule has 0 aromatic heterocycles. The van der Waals surface area contributed by atoms with Crippen molar-refractivity contribution in [3.8, 4) is 0 Å². The van der Waals surface area contributed by atoms with Gasteiger partial charge in [-0.25, -0.2) is 4.79 Å². The maximum Gasteiger partial charge on any atom is 0.410 e. The molecule has 0 aliphatic carbocycles. The smallest absolute Gasteiger partial charge is 0.410 e. The van der Waals surface area contributed by atoms with Gasteiger partial charge >= 0.3 is 12.1 Å². The van der Waals surface area contributed by atoms with E-state index in [1.165, 1.54) is 0 Å². The van der Waals surface area contributed by atoms with Gasteiger partial charge in [-0.15, -0.1) is 0 Å². The molecule has 1 aliphatic heterocycles. The van der Waals surface area contributed by atoms with Gasteiger partial charge in [0.2, 0.25) is 0 Å². The van der Waals surface area contributed by atoms with Crippen molar-refractivity contribution in [2.45, 2.75) is 64.7 Å².